The van der Waals surface area contributed by atoms with Crippen molar-refractivity contribution in [2.75, 3.05) is 6.61 Å². The van der Waals surface area contributed by atoms with Crippen molar-refractivity contribution < 1.29 is 14.3 Å². The highest BCUT2D eigenvalue weighted by molar-refractivity contribution is 6.13. The zero-order valence-corrected chi connectivity index (χ0v) is 15.4. The van der Waals surface area contributed by atoms with Crippen LogP contribution in [-0.4, -0.2) is 24.2 Å². The van der Waals surface area contributed by atoms with E-state index < -0.39 is 18.5 Å². The summed E-state index contributed by atoms with van der Waals surface area (Å²) in [6.45, 7) is -0.490. The number of esters is 1. The summed E-state index contributed by atoms with van der Waals surface area (Å²) in [4.78, 5) is 24.2. The van der Waals surface area contributed by atoms with E-state index in [0.717, 1.165) is 11.1 Å². The van der Waals surface area contributed by atoms with Gasteiger partial charge in [0.05, 0.1) is 22.9 Å². The van der Waals surface area contributed by atoms with Crippen LogP contribution in [0.25, 0.3) is 0 Å². The number of carbonyl (C=O) groups excluding carboxylic acids is 2. The van der Waals surface area contributed by atoms with Crippen LogP contribution in [0.15, 0.2) is 90.0 Å². The van der Waals surface area contributed by atoms with Gasteiger partial charge in [-0.05, 0) is 18.2 Å². The van der Waals surface area contributed by atoms with Crippen LogP contribution in [0.1, 0.15) is 27.0 Å². The predicted octanol–water partition coefficient (Wildman–Crippen LogP) is 3.28. The van der Waals surface area contributed by atoms with Gasteiger partial charge in [0.15, 0.2) is 6.61 Å². The second-order valence-electron chi connectivity index (χ2n) is 6.00. The van der Waals surface area contributed by atoms with Crippen molar-refractivity contribution >= 4 is 17.6 Å². The topological polar surface area (TPSA) is 91.5 Å². The van der Waals surface area contributed by atoms with E-state index in [1.54, 1.807) is 12.1 Å². The maximum atomic E-state index is 12.1. The first kappa shape index (κ1) is 19.5. The van der Waals surface area contributed by atoms with E-state index in [2.05, 4.69) is 10.5 Å². The number of nitrogens with zero attached hydrogens (tertiary/aromatic N) is 2. The molecule has 0 aliphatic rings. The molecule has 0 radical (unpaired) electrons. The third-order valence-electron chi connectivity index (χ3n) is 3.95. The molecule has 3 aromatic carbocycles. The fourth-order valence-electron chi connectivity index (χ4n) is 2.57. The lowest BCUT2D eigenvalue weighted by molar-refractivity contribution is -0.124. The first-order valence-corrected chi connectivity index (χ1v) is 8.82. The molecule has 0 aliphatic heterocycles. The molecule has 6 nitrogen and oxygen atoms in total. The Bertz CT molecular complexity index is 1030. The van der Waals surface area contributed by atoms with Crippen molar-refractivity contribution in [2.24, 2.45) is 5.10 Å². The number of amides is 1. The van der Waals surface area contributed by atoms with E-state index in [1.807, 2.05) is 66.7 Å². The minimum atomic E-state index is -0.687. The van der Waals surface area contributed by atoms with E-state index in [1.165, 1.54) is 12.1 Å². The van der Waals surface area contributed by atoms with Gasteiger partial charge in [-0.25, -0.2) is 10.2 Å². The maximum Gasteiger partial charge on any atom is 0.338 e. The average Bonchev–Trinajstić information content (AvgIpc) is 2.79. The Balaban J connectivity index is 1.67. The molecule has 142 valence electrons. The van der Waals surface area contributed by atoms with Gasteiger partial charge in [-0.2, -0.15) is 10.4 Å². The Kier molecular flexibility index (Phi) is 6.48. The van der Waals surface area contributed by atoms with Gasteiger partial charge in [-0.3, -0.25) is 4.79 Å². The lowest BCUT2D eigenvalue weighted by atomic mass is 10.0. The first-order valence-electron chi connectivity index (χ1n) is 8.82. The van der Waals surface area contributed by atoms with Gasteiger partial charge in [-0.15, -0.1) is 0 Å². The maximum absolute atomic E-state index is 12.1. The number of ether oxygens (including phenoxy) is 1. The molecule has 0 heterocycles. The molecule has 29 heavy (non-hydrogen) atoms. The van der Waals surface area contributed by atoms with Gasteiger partial charge < -0.3 is 4.74 Å². The van der Waals surface area contributed by atoms with Crippen molar-refractivity contribution in [1.82, 2.24) is 5.43 Å². The molecule has 6 heteroatoms. The van der Waals surface area contributed by atoms with Crippen LogP contribution in [0.4, 0.5) is 0 Å². The molecule has 0 aromatic heterocycles. The number of nitriles is 1. The summed E-state index contributed by atoms with van der Waals surface area (Å²) in [5, 5.41) is 13.1. The van der Waals surface area contributed by atoms with E-state index in [0.29, 0.717) is 11.3 Å². The number of hydrogen-bond acceptors (Lipinski definition) is 5. The lowest BCUT2D eigenvalue weighted by Crippen LogP contribution is -2.26. The van der Waals surface area contributed by atoms with Gasteiger partial charge in [0.25, 0.3) is 5.91 Å². The molecular weight excluding hydrogens is 366 g/mol. The van der Waals surface area contributed by atoms with Crippen LogP contribution >= 0.6 is 0 Å². The number of carbonyl (C=O) groups is 2. The summed E-state index contributed by atoms with van der Waals surface area (Å²) in [6, 6.07) is 26.9. The zero-order chi connectivity index (χ0) is 20.5. The van der Waals surface area contributed by atoms with Crippen LogP contribution in [0.3, 0.4) is 0 Å². The van der Waals surface area contributed by atoms with E-state index in [4.69, 9.17) is 10.00 Å². The molecule has 0 atom stereocenters. The standard InChI is InChI=1S/C23H17N3O3/c24-15-17-8-7-13-20(14-17)23(28)29-16-21(27)25-26-22(18-9-3-1-4-10-18)19-11-5-2-6-12-19/h1-14H,16H2,(H,25,27). The van der Waals surface area contributed by atoms with Crippen molar-refractivity contribution in [1.29, 1.82) is 5.26 Å². The summed E-state index contributed by atoms with van der Waals surface area (Å²) in [6.07, 6.45) is 0. The number of nitrogens with one attached hydrogen (secondary N) is 1. The third-order valence-corrected chi connectivity index (χ3v) is 3.95. The summed E-state index contributed by atoms with van der Waals surface area (Å²) >= 11 is 0. The molecule has 3 aromatic rings. The van der Waals surface area contributed by atoms with Crippen molar-refractivity contribution in [3.63, 3.8) is 0 Å². The van der Waals surface area contributed by atoms with Crippen LogP contribution in [0.2, 0.25) is 0 Å². The number of rotatable bonds is 6. The highest BCUT2D eigenvalue weighted by Gasteiger charge is 2.12. The molecule has 0 fully saturated rings. The van der Waals surface area contributed by atoms with Crippen LogP contribution in [0, 0.1) is 11.3 Å². The normalized spacial score (nSPS) is 9.76. The molecular formula is C23H17N3O3. The molecule has 1 N–H and O–H groups in total. The largest absolute Gasteiger partial charge is 0.452 e. The quantitative estimate of drug-likeness (QED) is 0.402. The summed E-state index contributed by atoms with van der Waals surface area (Å²) in [5.74, 6) is -1.26. The monoisotopic (exact) mass is 383 g/mol. The minimum Gasteiger partial charge on any atom is -0.452 e. The molecule has 0 spiro atoms. The average molecular weight is 383 g/mol. The van der Waals surface area contributed by atoms with Crippen LogP contribution < -0.4 is 5.43 Å². The Hall–Kier alpha value is -4.24. The van der Waals surface area contributed by atoms with E-state index in [-0.39, 0.29) is 5.56 Å². The Morgan fingerprint density at radius 3 is 2.03 bits per heavy atom. The summed E-state index contributed by atoms with van der Waals surface area (Å²) in [5.41, 5.74) is 5.23. The second kappa shape index (κ2) is 9.62. The summed E-state index contributed by atoms with van der Waals surface area (Å²) in [7, 11) is 0. The number of hydrogen-bond donors (Lipinski definition) is 1. The van der Waals surface area contributed by atoms with Crippen molar-refractivity contribution in [3.05, 3.63) is 107 Å². The minimum absolute atomic E-state index is 0.203. The molecule has 0 aliphatic carbocycles. The Morgan fingerprint density at radius 2 is 1.45 bits per heavy atom. The van der Waals surface area contributed by atoms with Crippen LogP contribution in [0.5, 0.6) is 0 Å². The van der Waals surface area contributed by atoms with Crippen LogP contribution in [-0.2, 0) is 9.53 Å². The van der Waals surface area contributed by atoms with E-state index in [9.17, 15) is 9.59 Å². The Morgan fingerprint density at radius 1 is 0.862 bits per heavy atom. The fourth-order valence-corrected chi connectivity index (χ4v) is 2.57. The highest BCUT2D eigenvalue weighted by Crippen LogP contribution is 2.10. The van der Waals surface area contributed by atoms with Gasteiger partial charge in [-0.1, -0.05) is 66.7 Å². The highest BCUT2D eigenvalue weighted by atomic mass is 16.5. The number of benzene rings is 3. The fraction of sp³-hybridized carbons (Fsp3) is 0.0435. The molecule has 0 saturated carbocycles. The van der Waals surface area contributed by atoms with E-state index >= 15 is 0 Å². The summed E-state index contributed by atoms with van der Waals surface area (Å²) < 4.78 is 5.00. The Labute approximate surface area is 168 Å². The number of hydrazone groups is 1. The molecule has 3 rings (SSSR count). The molecule has 1 amide bonds. The first-order chi connectivity index (χ1) is 14.2. The molecule has 0 bridgehead atoms. The molecule has 0 unspecified atom stereocenters. The van der Waals surface area contributed by atoms with Crippen molar-refractivity contribution in [3.8, 4) is 6.07 Å². The smallest absolute Gasteiger partial charge is 0.338 e. The van der Waals surface area contributed by atoms with Gasteiger partial charge >= 0.3 is 5.97 Å². The second-order valence-corrected chi connectivity index (χ2v) is 6.00. The SMILES string of the molecule is N#Cc1cccc(C(=O)OCC(=O)NN=C(c2ccccc2)c2ccccc2)c1. The van der Waals surface area contributed by atoms with Gasteiger partial charge in [0, 0.05) is 11.1 Å². The molecule has 0 saturated heterocycles. The van der Waals surface area contributed by atoms with Gasteiger partial charge in [0.2, 0.25) is 0 Å². The predicted molar refractivity (Wildman–Crippen MR) is 108 cm³/mol. The zero-order valence-electron chi connectivity index (χ0n) is 15.4. The lowest BCUT2D eigenvalue weighted by Gasteiger charge is -2.08. The third kappa shape index (κ3) is 5.37. The van der Waals surface area contributed by atoms with Gasteiger partial charge in [0.1, 0.15) is 0 Å². The van der Waals surface area contributed by atoms with Crippen molar-refractivity contribution in [2.45, 2.75) is 0 Å².